The summed E-state index contributed by atoms with van der Waals surface area (Å²) in [7, 11) is 3.15. The van der Waals surface area contributed by atoms with E-state index >= 15 is 0 Å². The lowest BCUT2D eigenvalue weighted by Crippen LogP contribution is -2.27. The quantitative estimate of drug-likeness (QED) is 0.801. The number of amides is 2. The molecule has 136 valence electrons. The van der Waals surface area contributed by atoms with Crippen LogP contribution in [0.2, 0.25) is 0 Å². The summed E-state index contributed by atoms with van der Waals surface area (Å²) in [4.78, 5) is 24.5. The third-order valence-corrected chi connectivity index (χ3v) is 4.42. The van der Waals surface area contributed by atoms with Gasteiger partial charge in [0.2, 0.25) is 11.8 Å². The Morgan fingerprint density at radius 3 is 2.35 bits per heavy atom. The second kappa shape index (κ2) is 7.91. The molecule has 2 amide bonds. The Labute approximate surface area is 152 Å². The van der Waals surface area contributed by atoms with Crippen molar-refractivity contribution in [3.63, 3.8) is 0 Å². The predicted octanol–water partition coefficient (Wildman–Crippen LogP) is 2.59. The second-order valence-electron chi connectivity index (χ2n) is 6.21. The molecule has 0 aromatic heterocycles. The third-order valence-electron chi connectivity index (χ3n) is 4.42. The fourth-order valence-corrected chi connectivity index (χ4v) is 2.84. The highest BCUT2D eigenvalue weighted by Crippen LogP contribution is 2.39. The first-order valence-electron chi connectivity index (χ1n) is 8.47. The molecule has 6 nitrogen and oxygen atoms in total. The SMILES string of the molecule is COc1ccc(CNC(=O)C2CC2C(=O)Nc2ccccc2)cc1OC. The van der Waals surface area contributed by atoms with Gasteiger partial charge in [0.05, 0.1) is 26.1 Å². The van der Waals surface area contributed by atoms with Crippen molar-refractivity contribution in [2.75, 3.05) is 19.5 Å². The van der Waals surface area contributed by atoms with Crippen LogP contribution in [0.4, 0.5) is 5.69 Å². The Balaban J connectivity index is 1.50. The average molecular weight is 354 g/mol. The van der Waals surface area contributed by atoms with Crippen LogP contribution in [-0.4, -0.2) is 26.0 Å². The maximum absolute atomic E-state index is 12.3. The number of methoxy groups -OCH3 is 2. The van der Waals surface area contributed by atoms with Gasteiger partial charge < -0.3 is 20.1 Å². The highest BCUT2D eigenvalue weighted by atomic mass is 16.5. The highest BCUT2D eigenvalue weighted by Gasteiger charge is 2.47. The number of carbonyl (C=O) groups excluding carboxylic acids is 2. The molecule has 3 rings (SSSR count). The van der Waals surface area contributed by atoms with Gasteiger partial charge in [-0.1, -0.05) is 24.3 Å². The summed E-state index contributed by atoms with van der Waals surface area (Å²) in [5.74, 6) is 0.517. The molecule has 26 heavy (non-hydrogen) atoms. The molecule has 0 heterocycles. The van der Waals surface area contributed by atoms with Crippen molar-refractivity contribution in [3.05, 3.63) is 54.1 Å². The van der Waals surface area contributed by atoms with Crippen LogP contribution in [0.25, 0.3) is 0 Å². The van der Waals surface area contributed by atoms with Crippen molar-refractivity contribution in [2.24, 2.45) is 11.8 Å². The molecular weight excluding hydrogens is 332 g/mol. The first kappa shape index (κ1) is 17.8. The minimum Gasteiger partial charge on any atom is -0.493 e. The second-order valence-corrected chi connectivity index (χ2v) is 6.21. The number of hydrogen-bond donors (Lipinski definition) is 2. The lowest BCUT2D eigenvalue weighted by Gasteiger charge is -2.10. The largest absolute Gasteiger partial charge is 0.493 e. The van der Waals surface area contributed by atoms with Crippen LogP contribution in [0.5, 0.6) is 11.5 Å². The van der Waals surface area contributed by atoms with E-state index in [4.69, 9.17) is 9.47 Å². The maximum atomic E-state index is 12.3. The highest BCUT2D eigenvalue weighted by molar-refractivity contribution is 5.99. The summed E-state index contributed by atoms with van der Waals surface area (Å²) in [5.41, 5.74) is 1.65. The summed E-state index contributed by atoms with van der Waals surface area (Å²) >= 11 is 0. The fourth-order valence-electron chi connectivity index (χ4n) is 2.84. The zero-order valence-corrected chi connectivity index (χ0v) is 14.8. The van der Waals surface area contributed by atoms with Crippen molar-refractivity contribution in [1.29, 1.82) is 0 Å². The van der Waals surface area contributed by atoms with Gasteiger partial charge in [-0.25, -0.2) is 0 Å². The van der Waals surface area contributed by atoms with E-state index in [0.717, 1.165) is 11.3 Å². The lowest BCUT2D eigenvalue weighted by atomic mass is 10.2. The van der Waals surface area contributed by atoms with Gasteiger partial charge in [-0.05, 0) is 36.2 Å². The third kappa shape index (κ3) is 4.14. The van der Waals surface area contributed by atoms with Gasteiger partial charge in [0.25, 0.3) is 0 Å². The summed E-state index contributed by atoms with van der Waals surface area (Å²) in [6.45, 7) is 0.378. The maximum Gasteiger partial charge on any atom is 0.228 e. The smallest absolute Gasteiger partial charge is 0.228 e. The van der Waals surface area contributed by atoms with E-state index in [1.807, 2.05) is 42.5 Å². The average Bonchev–Trinajstić information content (AvgIpc) is 3.47. The zero-order chi connectivity index (χ0) is 18.5. The van der Waals surface area contributed by atoms with Crippen molar-refractivity contribution >= 4 is 17.5 Å². The molecular formula is C20H22N2O4. The summed E-state index contributed by atoms with van der Waals surface area (Å²) < 4.78 is 10.5. The molecule has 2 unspecified atom stereocenters. The Hall–Kier alpha value is -3.02. The topological polar surface area (TPSA) is 76.7 Å². The van der Waals surface area contributed by atoms with Crippen LogP contribution in [0, 0.1) is 11.8 Å². The van der Waals surface area contributed by atoms with Crippen LogP contribution >= 0.6 is 0 Å². The van der Waals surface area contributed by atoms with Gasteiger partial charge in [0.1, 0.15) is 0 Å². The van der Waals surface area contributed by atoms with E-state index in [2.05, 4.69) is 10.6 Å². The minimum atomic E-state index is -0.265. The van der Waals surface area contributed by atoms with E-state index in [-0.39, 0.29) is 23.7 Å². The normalized spacial score (nSPS) is 17.9. The molecule has 0 radical (unpaired) electrons. The Kier molecular flexibility index (Phi) is 5.41. The molecule has 0 bridgehead atoms. The molecule has 1 aliphatic carbocycles. The minimum absolute atomic E-state index is 0.104. The van der Waals surface area contributed by atoms with Crippen molar-refractivity contribution in [3.8, 4) is 11.5 Å². The van der Waals surface area contributed by atoms with Crippen LogP contribution in [-0.2, 0) is 16.1 Å². The summed E-state index contributed by atoms with van der Waals surface area (Å²) in [6, 6.07) is 14.7. The Bertz CT molecular complexity index is 792. The van der Waals surface area contributed by atoms with Gasteiger partial charge in [0, 0.05) is 12.2 Å². The van der Waals surface area contributed by atoms with Gasteiger partial charge >= 0.3 is 0 Å². The molecule has 6 heteroatoms. The molecule has 1 aliphatic rings. The Morgan fingerprint density at radius 2 is 1.65 bits per heavy atom. The summed E-state index contributed by atoms with van der Waals surface area (Å²) in [5, 5.41) is 5.72. The molecule has 2 aromatic carbocycles. The van der Waals surface area contributed by atoms with Crippen molar-refractivity contribution in [2.45, 2.75) is 13.0 Å². The molecule has 0 aliphatic heterocycles. The van der Waals surface area contributed by atoms with Gasteiger partial charge in [-0.15, -0.1) is 0 Å². The zero-order valence-electron chi connectivity index (χ0n) is 14.8. The number of hydrogen-bond acceptors (Lipinski definition) is 4. The van der Waals surface area contributed by atoms with E-state index in [1.165, 1.54) is 0 Å². The number of para-hydroxylation sites is 1. The van der Waals surface area contributed by atoms with E-state index in [1.54, 1.807) is 20.3 Å². The molecule has 1 fully saturated rings. The van der Waals surface area contributed by atoms with E-state index in [9.17, 15) is 9.59 Å². The molecule has 2 aromatic rings. The van der Waals surface area contributed by atoms with Crippen LogP contribution in [0.15, 0.2) is 48.5 Å². The monoisotopic (exact) mass is 354 g/mol. The van der Waals surface area contributed by atoms with Crippen LogP contribution < -0.4 is 20.1 Å². The number of rotatable bonds is 7. The van der Waals surface area contributed by atoms with E-state index < -0.39 is 0 Å². The van der Waals surface area contributed by atoms with Crippen LogP contribution in [0.1, 0.15) is 12.0 Å². The number of anilines is 1. The van der Waals surface area contributed by atoms with Gasteiger partial charge in [-0.2, -0.15) is 0 Å². The molecule has 2 N–H and O–H groups in total. The molecule has 0 spiro atoms. The van der Waals surface area contributed by atoms with Crippen molar-refractivity contribution < 1.29 is 19.1 Å². The first-order valence-corrected chi connectivity index (χ1v) is 8.47. The van der Waals surface area contributed by atoms with E-state index in [0.29, 0.717) is 24.5 Å². The predicted molar refractivity (Wildman–Crippen MR) is 98.1 cm³/mol. The Morgan fingerprint density at radius 1 is 0.962 bits per heavy atom. The van der Waals surface area contributed by atoms with Crippen LogP contribution in [0.3, 0.4) is 0 Å². The first-order chi connectivity index (χ1) is 12.6. The number of ether oxygens (including phenoxy) is 2. The molecule has 1 saturated carbocycles. The molecule has 2 atom stereocenters. The number of nitrogens with one attached hydrogen (secondary N) is 2. The van der Waals surface area contributed by atoms with Gasteiger partial charge in [-0.3, -0.25) is 9.59 Å². The standard InChI is InChI=1S/C20H22N2O4/c1-25-17-9-8-13(10-18(17)26-2)12-21-19(23)15-11-16(15)20(24)22-14-6-4-3-5-7-14/h3-10,15-16H,11-12H2,1-2H3,(H,21,23)(H,22,24). The number of carbonyl (C=O) groups is 2. The number of benzene rings is 2. The van der Waals surface area contributed by atoms with Gasteiger partial charge in [0.15, 0.2) is 11.5 Å². The lowest BCUT2D eigenvalue weighted by molar-refractivity contribution is -0.125. The fraction of sp³-hybridized carbons (Fsp3) is 0.300. The summed E-state index contributed by atoms with van der Waals surface area (Å²) in [6.07, 6.45) is 0.580. The van der Waals surface area contributed by atoms with Crippen molar-refractivity contribution in [1.82, 2.24) is 5.32 Å². The molecule has 0 saturated heterocycles.